The normalized spacial score (nSPS) is 21.8. The molecule has 2 N–H and O–H groups in total. The van der Waals surface area contributed by atoms with E-state index in [0.717, 1.165) is 18.5 Å². The van der Waals surface area contributed by atoms with Gasteiger partial charge in [0, 0.05) is 31.1 Å². The zero-order valence-electron chi connectivity index (χ0n) is 10.3. The quantitative estimate of drug-likeness (QED) is 0.861. The van der Waals surface area contributed by atoms with E-state index in [2.05, 4.69) is 19.0 Å². The molecule has 0 unspecified atom stereocenters. The Morgan fingerprint density at radius 1 is 1.76 bits per heavy atom. The fraction of sp³-hybridized carbons (Fsp3) is 0.667. The molecule has 1 aromatic heterocycles. The monoisotopic (exact) mass is 237 g/mol. The van der Waals surface area contributed by atoms with Crippen LogP contribution in [0.15, 0.2) is 10.6 Å². The van der Waals surface area contributed by atoms with Crippen LogP contribution in [0.4, 0.5) is 0 Å². The summed E-state index contributed by atoms with van der Waals surface area (Å²) in [6.45, 7) is 5.47. The number of carbonyl (C=O) groups excluding carboxylic acids is 1. The van der Waals surface area contributed by atoms with Crippen LogP contribution >= 0.6 is 0 Å². The van der Waals surface area contributed by atoms with Crippen LogP contribution in [0.3, 0.4) is 0 Å². The molecule has 1 saturated heterocycles. The van der Waals surface area contributed by atoms with Crippen LogP contribution in [-0.4, -0.2) is 35.1 Å². The van der Waals surface area contributed by atoms with Crippen molar-refractivity contribution in [3.05, 3.63) is 17.5 Å². The molecule has 1 aromatic rings. The number of nitrogens with zero attached hydrogens (tertiary/aromatic N) is 2. The Morgan fingerprint density at radius 2 is 2.53 bits per heavy atom. The average Bonchev–Trinajstić information content (AvgIpc) is 2.95. The highest BCUT2D eigenvalue weighted by molar-refractivity contribution is 5.91. The Morgan fingerprint density at radius 3 is 3.12 bits per heavy atom. The minimum absolute atomic E-state index is 0.0934. The van der Waals surface area contributed by atoms with Crippen LogP contribution in [0.2, 0.25) is 0 Å². The molecular weight excluding hydrogens is 218 g/mol. The number of hydrogen-bond acceptors (Lipinski definition) is 4. The molecule has 94 valence electrons. The summed E-state index contributed by atoms with van der Waals surface area (Å²) in [6.07, 6.45) is 1.84. The lowest BCUT2D eigenvalue weighted by Gasteiger charge is -2.12. The SMILES string of the molecule is CC[C@@H](C)c1cc(C(=O)N2CC[C@H](N)C2)on1. The van der Waals surface area contributed by atoms with Crippen molar-refractivity contribution in [3.8, 4) is 0 Å². The van der Waals surface area contributed by atoms with Gasteiger partial charge < -0.3 is 15.2 Å². The summed E-state index contributed by atoms with van der Waals surface area (Å²) >= 11 is 0. The molecule has 1 fully saturated rings. The van der Waals surface area contributed by atoms with Gasteiger partial charge in [0.1, 0.15) is 0 Å². The summed E-state index contributed by atoms with van der Waals surface area (Å²) in [5.41, 5.74) is 6.62. The summed E-state index contributed by atoms with van der Waals surface area (Å²) in [6, 6.07) is 1.84. The van der Waals surface area contributed by atoms with Crippen molar-refractivity contribution in [3.63, 3.8) is 0 Å². The van der Waals surface area contributed by atoms with Crippen LogP contribution in [0.1, 0.15) is 48.9 Å². The average molecular weight is 237 g/mol. The zero-order chi connectivity index (χ0) is 12.4. The van der Waals surface area contributed by atoms with E-state index >= 15 is 0 Å². The Labute approximate surface area is 101 Å². The summed E-state index contributed by atoms with van der Waals surface area (Å²) in [5, 5.41) is 3.94. The Kier molecular flexibility index (Phi) is 3.47. The fourth-order valence-corrected chi connectivity index (χ4v) is 1.96. The molecule has 5 nitrogen and oxygen atoms in total. The maximum absolute atomic E-state index is 12.1. The van der Waals surface area contributed by atoms with Crippen LogP contribution < -0.4 is 5.73 Å². The van der Waals surface area contributed by atoms with Crippen molar-refractivity contribution in [1.29, 1.82) is 0 Å². The lowest BCUT2D eigenvalue weighted by atomic mass is 10.1. The molecule has 1 aliphatic heterocycles. The maximum atomic E-state index is 12.1. The van der Waals surface area contributed by atoms with Gasteiger partial charge in [-0.3, -0.25) is 4.79 Å². The standard InChI is InChI=1S/C12H19N3O2/c1-3-8(2)10-6-11(17-14-10)12(16)15-5-4-9(13)7-15/h6,8-9H,3-5,7,13H2,1-2H3/t8-,9+/m1/s1. The summed E-state index contributed by atoms with van der Waals surface area (Å²) in [5.74, 6) is 0.551. The first-order chi connectivity index (χ1) is 8.11. The lowest BCUT2D eigenvalue weighted by molar-refractivity contribution is 0.0749. The van der Waals surface area contributed by atoms with Gasteiger partial charge in [0.25, 0.3) is 5.91 Å². The molecule has 0 aromatic carbocycles. The van der Waals surface area contributed by atoms with Gasteiger partial charge in [-0.15, -0.1) is 0 Å². The minimum atomic E-state index is -0.0972. The van der Waals surface area contributed by atoms with E-state index in [-0.39, 0.29) is 11.9 Å². The van der Waals surface area contributed by atoms with E-state index in [4.69, 9.17) is 10.3 Å². The van der Waals surface area contributed by atoms with E-state index in [0.29, 0.717) is 24.8 Å². The third-order valence-electron chi connectivity index (χ3n) is 3.37. The fourth-order valence-electron chi connectivity index (χ4n) is 1.96. The van der Waals surface area contributed by atoms with Gasteiger partial charge in [-0.2, -0.15) is 0 Å². The molecule has 0 spiro atoms. The number of aromatic nitrogens is 1. The lowest BCUT2D eigenvalue weighted by Crippen LogP contribution is -2.31. The van der Waals surface area contributed by atoms with Gasteiger partial charge in [-0.25, -0.2) is 0 Å². The summed E-state index contributed by atoms with van der Waals surface area (Å²) < 4.78 is 5.12. The molecule has 2 rings (SSSR count). The minimum Gasteiger partial charge on any atom is -0.351 e. The Bertz CT molecular complexity index is 402. The first kappa shape index (κ1) is 12.1. The Hall–Kier alpha value is -1.36. The van der Waals surface area contributed by atoms with E-state index in [1.54, 1.807) is 11.0 Å². The molecule has 1 amide bonds. The number of amides is 1. The van der Waals surface area contributed by atoms with Crippen LogP contribution in [0, 0.1) is 0 Å². The smallest absolute Gasteiger partial charge is 0.292 e. The van der Waals surface area contributed by atoms with E-state index < -0.39 is 0 Å². The van der Waals surface area contributed by atoms with Crippen molar-refractivity contribution < 1.29 is 9.32 Å². The first-order valence-corrected chi connectivity index (χ1v) is 6.13. The molecule has 1 aliphatic rings. The van der Waals surface area contributed by atoms with Gasteiger partial charge in [0.15, 0.2) is 0 Å². The number of nitrogens with two attached hydrogens (primary N) is 1. The third kappa shape index (κ3) is 2.49. The van der Waals surface area contributed by atoms with Gasteiger partial charge in [0.05, 0.1) is 5.69 Å². The second kappa shape index (κ2) is 4.87. The highest BCUT2D eigenvalue weighted by Crippen LogP contribution is 2.20. The Balaban J connectivity index is 2.07. The zero-order valence-corrected chi connectivity index (χ0v) is 10.3. The first-order valence-electron chi connectivity index (χ1n) is 6.13. The molecule has 2 heterocycles. The third-order valence-corrected chi connectivity index (χ3v) is 3.37. The van der Waals surface area contributed by atoms with Gasteiger partial charge in [-0.1, -0.05) is 19.0 Å². The largest absolute Gasteiger partial charge is 0.351 e. The van der Waals surface area contributed by atoms with Crippen LogP contribution in [-0.2, 0) is 0 Å². The molecule has 17 heavy (non-hydrogen) atoms. The number of rotatable bonds is 3. The van der Waals surface area contributed by atoms with Crippen molar-refractivity contribution >= 4 is 5.91 Å². The second-order valence-corrected chi connectivity index (χ2v) is 4.73. The maximum Gasteiger partial charge on any atom is 0.292 e. The molecule has 0 radical (unpaired) electrons. The molecule has 2 atom stereocenters. The predicted octanol–water partition coefficient (Wildman–Crippen LogP) is 1.36. The topological polar surface area (TPSA) is 72.4 Å². The van der Waals surface area contributed by atoms with Crippen LogP contribution in [0.25, 0.3) is 0 Å². The van der Waals surface area contributed by atoms with Crippen molar-refractivity contribution in [2.75, 3.05) is 13.1 Å². The number of likely N-dealkylation sites (tertiary alicyclic amines) is 1. The highest BCUT2D eigenvalue weighted by atomic mass is 16.5. The second-order valence-electron chi connectivity index (χ2n) is 4.73. The van der Waals surface area contributed by atoms with E-state index in [1.165, 1.54) is 0 Å². The molecule has 5 heteroatoms. The summed E-state index contributed by atoms with van der Waals surface area (Å²) in [7, 11) is 0. The summed E-state index contributed by atoms with van der Waals surface area (Å²) in [4.78, 5) is 13.8. The van der Waals surface area contributed by atoms with Gasteiger partial charge in [-0.05, 0) is 12.8 Å². The van der Waals surface area contributed by atoms with E-state index in [1.807, 2.05) is 0 Å². The van der Waals surface area contributed by atoms with Crippen LogP contribution in [0.5, 0.6) is 0 Å². The molecular formula is C12H19N3O2. The van der Waals surface area contributed by atoms with Crippen molar-refractivity contribution in [1.82, 2.24) is 10.1 Å². The molecule has 0 saturated carbocycles. The van der Waals surface area contributed by atoms with Crippen molar-refractivity contribution in [2.45, 2.75) is 38.6 Å². The van der Waals surface area contributed by atoms with Gasteiger partial charge in [0.2, 0.25) is 5.76 Å². The molecule has 0 bridgehead atoms. The van der Waals surface area contributed by atoms with Gasteiger partial charge >= 0.3 is 0 Å². The predicted molar refractivity (Wildman–Crippen MR) is 63.7 cm³/mol. The van der Waals surface area contributed by atoms with E-state index in [9.17, 15) is 4.79 Å². The van der Waals surface area contributed by atoms with Crippen molar-refractivity contribution in [2.24, 2.45) is 5.73 Å². The molecule has 0 aliphatic carbocycles. The number of hydrogen-bond donors (Lipinski definition) is 1. The highest BCUT2D eigenvalue weighted by Gasteiger charge is 2.27. The number of carbonyl (C=O) groups is 1.